The van der Waals surface area contributed by atoms with Gasteiger partial charge in [-0.25, -0.2) is 0 Å². The van der Waals surface area contributed by atoms with E-state index in [2.05, 4.69) is 32.6 Å². The Morgan fingerprint density at radius 3 is 2.09 bits per heavy atom. The first-order chi connectivity index (χ1) is 10.7. The second-order valence-electron chi connectivity index (χ2n) is 5.61. The molecule has 0 aromatic carbocycles. The van der Waals surface area contributed by atoms with Crippen LogP contribution in [0.5, 0.6) is 0 Å². The van der Waals surface area contributed by atoms with Gasteiger partial charge in [-0.15, -0.1) is 0 Å². The maximum Gasteiger partial charge on any atom is 0.327 e. The summed E-state index contributed by atoms with van der Waals surface area (Å²) < 4.78 is 33.5. The quantitative estimate of drug-likeness (QED) is 0.286. The first-order valence-electron chi connectivity index (χ1n) is 7.99. The maximum atomic E-state index is 11.8. The molecule has 0 saturated carbocycles. The Morgan fingerprint density at radius 2 is 1.61 bits per heavy atom. The van der Waals surface area contributed by atoms with Crippen LogP contribution >= 0.6 is 7.60 Å². The van der Waals surface area contributed by atoms with Gasteiger partial charge in [0.15, 0.2) is 0 Å². The van der Waals surface area contributed by atoms with E-state index in [1.54, 1.807) is 6.92 Å². The van der Waals surface area contributed by atoms with E-state index in [9.17, 15) is 4.57 Å². The Kier molecular flexibility index (Phi) is 11.7. The molecule has 0 aliphatic heterocycles. The van der Waals surface area contributed by atoms with Gasteiger partial charge in [-0.3, -0.25) is 9.46 Å². The summed E-state index contributed by atoms with van der Waals surface area (Å²) in [6.07, 6.45) is -0.273. The number of hydrogen-bond acceptors (Lipinski definition) is 7. The number of nitrogens with zero attached hydrogens (tertiary/aromatic N) is 2. The van der Waals surface area contributed by atoms with Gasteiger partial charge in [0.1, 0.15) is 0 Å². The minimum absolute atomic E-state index is 0.149. The molecule has 0 fully saturated rings. The fourth-order valence-corrected chi connectivity index (χ4v) is 3.08. The van der Waals surface area contributed by atoms with Crippen LogP contribution < -0.4 is 0 Å². The zero-order chi connectivity index (χ0) is 17.9. The molecule has 0 aliphatic rings. The van der Waals surface area contributed by atoms with Crippen molar-refractivity contribution in [1.29, 1.82) is 5.26 Å². The van der Waals surface area contributed by atoms with Crippen LogP contribution in [-0.2, 0) is 23.1 Å². The van der Waals surface area contributed by atoms with E-state index in [4.69, 9.17) is 23.8 Å². The summed E-state index contributed by atoms with van der Waals surface area (Å²) in [6, 6.07) is 2.47. The molecule has 0 radical (unpaired) electrons. The molecule has 0 aliphatic carbocycles. The molecule has 2 unspecified atom stereocenters. The van der Waals surface area contributed by atoms with Gasteiger partial charge in [-0.2, -0.15) is 5.26 Å². The SMILES string of the molecule is CCOP(C)(=O)OCCOC(OCCC#N)N(C(C)C)C(C)C. The van der Waals surface area contributed by atoms with E-state index in [1.165, 1.54) is 6.66 Å². The highest BCUT2D eigenvalue weighted by Crippen LogP contribution is 2.43. The minimum atomic E-state index is -3.02. The molecule has 0 heterocycles. The summed E-state index contributed by atoms with van der Waals surface area (Å²) >= 11 is 0. The van der Waals surface area contributed by atoms with Gasteiger partial charge in [0.05, 0.1) is 38.9 Å². The lowest BCUT2D eigenvalue weighted by atomic mass is 10.2. The fourth-order valence-electron chi connectivity index (χ4n) is 2.13. The summed E-state index contributed by atoms with van der Waals surface area (Å²) in [7, 11) is -3.02. The molecule has 0 aromatic heterocycles. The molecule has 7 nitrogen and oxygen atoms in total. The van der Waals surface area contributed by atoms with Crippen molar-refractivity contribution in [2.75, 3.05) is 33.1 Å². The number of rotatable bonds is 13. The normalized spacial score (nSPS) is 15.8. The van der Waals surface area contributed by atoms with Crippen LogP contribution in [0, 0.1) is 11.3 Å². The van der Waals surface area contributed by atoms with E-state index in [0.29, 0.717) is 19.6 Å². The summed E-state index contributed by atoms with van der Waals surface area (Å²) in [6.45, 7) is 12.4. The average molecular weight is 350 g/mol. The zero-order valence-electron chi connectivity index (χ0n) is 15.2. The second-order valence-corrected chi connectivity index (χ2v) is 7.67. The summed E-state index contributed by atoms with van der Waals surface area (Å²) in [4.78, 5) is 2.06. The van der Waals surface area contributed by atoms with Crippen molar-refractivity contribution in [3.63, 3.8) is 0 Å². The summed E-state index contributed by atoms with van der Waals surface area (Å²) in [5.41, 5.74) is 0. The summed E-state index contributed by atoms with van der Waals surface area (Å²) in [5, 5.41) is 8.64. The molecule has 0 aromatic rings. The molecule has 2 atom stereocenters. The molecular weight excluding hydrogens is 319 g/mol. The number of hydrogen-bond donors (Lipinski definition) is 0. The van der Waals surface area contributed by atoms with Gasteiger partial charge in [-0.1, -0.05) is 0 Å². The largest absolute Gasteiger partial charge is 0.339 e. The second kappa shape index (κ2) is 12.0. The van der Waals surface area contributed by atoms with E-state index >= 15 is 0 Å². The van der Waals surface area contributed by atoms with Gasteiger partial charge >= 0.3 is 7.60 Å². The lowest BCUT2D eigenvalue weighted by Gasteiger charge is -2.37. The van der Waals surface area contributed by atoms with Crippen LogP contribution in [0.4, 0.5) is 0 Å². The molecule has 23 heavy (non-hydrogen) atoms. The van der Waals surface area contributed by atoms with Crippen molar-refractivity contribution in [2.45, 2.75) is 59.5 Å². The number of ether oxygens (including phenoxy) is 2. The Balaban J connectivity index is 4.52. The Morgan fingerprint density at radius 1 is 1.04 bits per heavy atom. The maximum absolute atomic E-state index is 11.8. The lowest BCUT2D eigenvalue weighted by molar-refractivity contribution is -0.242. The lowest BCUT2D eigenvalue weighted by Crippen LogP contribution is -2.48. The van der Waals surface area contributed by atoms with Crippen LogP contribution in [0.3, 0.4) is 0 Å². The molecular formula is C15H31N2O5P. The Labute approximate surface area is 140 Å². The van der Waals surface area contributed by atoms with Crippen molar-refractivity contribution in [2.24, 2.45) is 0 Å². The van der Waals surface area contributed by atoms with Crippen LogP contribution in [0.2, 0.25) is 0 Å². The predicted octanol–water partition coefficient (Wildman–Crippen LogP) is 3.21. The highest BCUT2D eigenvalue weighted by molar-refractivity contribution is 7.52. The Hall–Kier alpha value is -0.480. The van der Waals surface area contributed by atoms with Crippen molar-refractivity contribution in [3.05, 3.63) is 0 Å². The molecule has 8 heteroatoms. The van der Waals surface area contributed by atoms with Crippen LogP contribution in [0.25, 0.3) is 0 Å². The number of nitriles is 1. The minimum Gasteiger partial charge on any atom is -0.339 e. The van der Waals surface area contributed by atoms with Crippen LogP contribution in [0.15, 0.2) is 0 Å². The van der Waals surface area contributed by atoms with Crippen LogP contribution in [-0.4, -0.2) is 56.5 Å². The van der Waals surface area contributed by atoms with E-state index in [-0.39, 0.29) is 25.3 Å². The predicted molar refractivity (Wildman–Crippen MR) is 89.1 cm³/mol. The molecule has 0 bridgehead atoms. The van der Waals surface area contributed by atoms with Gasteiger partial charge in [0.25, 0.3) is 0 Å². The van der Waals surface area contributed by atoms with Crippen molar-refractivity contribution in [1.82, 2.24) is 4.90 Å². The van der Waals surface area contributed by atoms with E-state index in [1.807, 2.05) is 6.07 Å². The third kappa shape index (κ3) is 10.1. The first-order valence-corrected chi connectivity index (χ1v) is 9.98. The van der Waals surface area contributed by atoms with Gasteiger partial charge in [-0.05, 0) is 34.6 Å². The molecule has 136 valence electrons. The van der Waals surface area contributed by atoms with Crippen LogP contribution in [0.1, 0.15) is 41.0 Å². The molecule has 0 N–H and O–H groups in total. The van der Waals surface area contributed by atoms with Crippen molar-refractivity contribution >= 4 is 7.60 Å². The monoisotopic (exact) mass is 350 g/mol. The average Bonchev–Trinajstić information content (AvgIpc) is 2.42. The highest BCUT2D eigenvalue weighted by Gasteiger charge is 2.25. The smallest absolute Gasteiger partial charge is 0.327 e. The summed E-state index contributed by atoms with van der Waals surface area (Å²) in [5.74, 6) is 0. The standard InChI is InChI=1S/C15H31N2O5P/c1-7-21-23(6,18)22-12-11-20-15(19-10-8-9-16)17(13(2)3)14(4)5/h13-15H,7-8,10-12H2,1-6H3. The Bertz CT molecular complexity index is 390. The van der Waals surface area contributed by atoms with E-state index in [0.717, 1.165) is 0 Å². The van der Waals surface area contributed by atoms with Gasteiger partial charge < -0.3 is 18.5 Å². The third-order valence-electron chi connectivity index (χ3n) is 2.94. The van der Waals surface area contributed by atoms with Crippen molar-refractivity contribution < 1.29 is 23.1 Å². The van der Waals surface area contributed by atoms with Crippen molar-refractivity contribution in [3.8, 4) is 6.07 Å². The van der Waals surface area contributed by atoms with Gasteiger partial charge in [0, 0.05) is 18.7 Å². The highest BCUT2D eigenvalue weighted by atomic mass is 31.2. The third-order valence-corrected chi connectivity index (χ3v) is 4.32. The first kappa shape index (κ1) is 22.5. The fraction of sp³-hybridized carbons (Fsp3) is 0.933. The molecule has 0 spiro atoms. The topological polar surface area (TPSA) is 81.0 Å². The molecule has 0 amide bonds. The zero-order valence-corrected chi connectivity index (χ0v) is 16.0. The molecule has 0 saturated heterocycles. The molecule has 0 rings (SSSR count). The van der Waals surface area contributed by atoms with E-state index < -0.39 is 14.0 Å². The van der Waals surface area contributed by atoms with Gasteiger partial charge in [0.2, 0.25) is 6.41 Å².